The number of methoxy groups -OCH3 is 1. The first-order valence-electron chi connectivity index (χ1n) is 17.9. The Morgan fingerprint density at radius 1 is 1.15 bits per heavy atom. The first kappa shape index (κ1) is 39.2. The van der Waals surface area contributed by atoms with E-state index >= 15 is 0 Å². The third-order valence-corrected chi connectivity index (χ3v) is 11.6. The van der Waals surface area contributed by atoms with Gasteiger partial charge in [-0.2, -0.15) is 13.2 Å². The van der Waals surface area contributed by atoms with Gasteiger partial charge in [-0.25, -0.2) is 14.4 Å². The van der Waals surface area contributed by atoms with Gasteiger partial charge in [0.15, 0.2) is 6.10 Å². The number of esters is 3. The fourth-order valence-corrected chi connectivity index (χ4v) is 8.91. The lowest BCUT2D eigenvalue weighted by Crippen LogP contribution is -2.61. The minimum Gasteiger partial charge on any atom is -0.457 e. The zero-order valence-corrected chi connectivity index (χ0v) is 30.6. The minimum atomic E-state index is -4.66. The van der Waals surface area contributed by atoms with Crippen molar-refractivity contribution in [1.82, 2.24) is 10.3 Å². The third kappa shape index (κ3) is 7.08. The highest BCUT2D eigenvalue weighted by Gasteiger charge is 2.69. The van der Waals surface area contributed by atoms with E-state index in [1.54, 1.807) is 25.3 Å². The normalized spacial score (nSPS) is 35.0. The Balaban J connectivity index is 1.24. The van der Waals surface area contributed by atoms with E-state index in [-0.39, 0.29) is 18.6 Å². The van der Waals surface area contributed by atoms with E-state index in [4.69, 9.17) is 23.7 Å². The van der Waals surface area contributed by atoms with Gasteiger partial charge in [0.1, 0.15) is 29.6 Å². The Labute approximate surface area is 310 Å². The molecule has 2 aliphatic carbocycles. The number of ether oxygens (including phenoxy) is 5. The van der Waals surface area contributed by atoms with E-state index in [9.17, 15) is 37.5 Å². The van der Waals surface area contributed by atoms with Crippen LogP contribution in [0.3, 0.4) is 0 Å². The van der Waals surface area contributed by atoms with Crippen LogP contribution in [0.4, 0.5) is 13.2 Å². The largest absolute Gasteiger partial charge is 0.457 e. The SMILES string of the molecule is CO[C@H]1C[C@H]2C=CC34CO[C@]2(/C(C)=C/[C@@H](C)[C@@H]([C@@H](C)OC(=O)C(=O)NCc2ccccc2C(F)(F)F)OC1=O)C3[C@H](O)[C@@H](C)[C@@H](OC(=O)c1ccc[nH]1)C4. The van der Waals surface area contributed by atoms with Crippen LogP contribution in [0.5, 0.6) is 0 Å². The average molecular weight is 759 g/mol. The first-order chi connectivity index (χ1) is 25.5. The molecule has 54 heavy (non-hydrogen) atoms. The second kappa shape index (κ2) is 15.0. The van der Waals surface area contributed by atoms with E-state index in [2.05, 4.69) is 10.3 Å². The maximum absolute atomic E-state index is 13.7. The average Bonchev–Trinajstić information content (AvgIpc) is 3.76. The minimum absolute atomic E-state index is 0.118. The molecule has 292 valence electrons. The van der Waals surface area contributed by atoms with E-state index in [1.807, 2.05) is 32.1 Å². The lowest BCUT2D eigenvalue weighted by atomic mass is 9.51. The van der Waals surface area contributed by atoms with Crippen LogP contribution >= 0.6 is 0 Å². The summed E-state index contributed by atoms with van der Waals surface area (Å²) in [6, 6.07) is 7.97. The number of alkyl halides is 3. The number of benzene rings is 1. The van der Waals surface area contributed by atoms with Crippen LogP contribution in [0, 0.1) is 29.1 Å². The Morgan fingerprint density at radius 2 is 1.89 bits per heavy atom. The summed E-state index contributed by atoms with van der Waals surface area (Å²) >= 11 is 0. The monoisotopic (exact) mass is 758 g/mol. The predicted molar refractivity (Wildman–Crippen MR) is 184 cm³/mol. The number of carbonyl (C=O) groups is 4. The van der Waals surface area contributed by atoms with Crippen LogP contribution in [0.15, 0.2) is 66.4 Å². The summed E-state index contributed by atoms with van der Waals surface area (Å²) in [6.07, 6.45) is -1.71. The molecule has 1 saturated carbocycles. The van der Waals surface area contributed by atoms with Crippen LogP contribution < -0.4 is 5.32 Å². The first-order valence-corrected chi connectivity index (χ1v) is 17.9. The van der Waals surface area contributed by atoms with Gasteiger partial charge in [-0.05, 0) is 56.0 Å². The van der Waals surface area contributed by atoms with E-state index in [1.165, 1.54) is 32.2 Å². The van der Waals surface area contributed by atoms with Crippen molar-refractivity contribution in [3.05, 3.63) is 83.2 Å². The Kier molecular flexibility index (Phi) is 10.9. The molecule has 2 aromatic rings. The van der Waals surface area contributed by atoms with Crippen molar-refractivity contribution in [2.75, 3.05) is 13.7 Å². The smallest absolute Gasteiger partial charge is 0.416 e. The molecule has 15 heteroatoms. The number of nitrogens with one attached hydrogen (secondary N) is 2. The number of hydrogen-bond acceptors (Lipinski definition) is 10. The molecular formula is C39H45F3N2O10. The molecule has 0 radical (unpaired) electrons. The van der Waals surface area contributed by atoms with E-state index in [0.717, 1.165) is 11.6 Å². The molecule has 2 unspecified atom stereocenters. The number of aliphatic hydroxyl groups excluding tert-OH is 1. The Morgan fingerprint density at radius 3 is 2.57 bits per heavy atom. The zero-order chi connectivity index (χ0) is 39.2. The number of carbonyl (C=O) groups excluding carboxylic acids is 4. The van der Waals surface area contributed by atoms with Crippen LogP contribution in [-0.2, 0) is 50.8 Å². The third-order valence-electron chi connectivity index (χ3n) is 11.6. The molecule has 1 aromatic heterocycles. The molecule has 11 atom stereocenters. The summed E-state index contributed by atoms with van der Waals surface area (Å²) in [7, 11) is 1.36. The van der Waals surface area contributed by atoms with Crippen molar-refractivity contribution in [2.45, 2.75) is 89.4 Å². The van der Waals surface area contributed by atoms with Gasteiger partial charge in [0.2, 0.25) is 0 Å². The Hall–Kier alpha value is -4.47. The van der Waals surface area contributed by atoms with Crippen LogP contribution in [0.25, 0.3) is 0 Å². The number of aliphatic hydroxyl groups is 1. The Bertz CT molecular complexity index is 1810. The zero-order valence-electron chi connectivity index (χ0n) is 30.6. The van der Waals surface area contributed by atoms with Crippen molar-refractivity contribution in [1.29, 1.82) is 0 Å². The van der Waals surface area contributed by atoms with Gasteiger partial charge in [0.05, 0.1) is 18.3 Å². The molecular weight excluding hydrogens is 713 g/mol. The summed E-state index contributed by atoms with van der Waals surface area (Å²) in [4.78, 5) is 55.1. The number of amides is 1. The molecule has 4 aliphatic rings. The molecule has 2 bridgehead atoms. The maximum atomic E-state index is 13.7. The summed E-state index contributed by atoms with van der Waals surface area (Å²) < 4.78 is 70.0. The molecule has 3 N–H and O–H groups in total. The standard InChI is InChI=1S/C39H45F3N2O10/c1-20-15-21(2)38-25(12-13-37(19-51-38)17-29(22(3)30(45)32(37)38)53-34(47)27-11-8-14-43-27)16-28(50-5)35(48)54-31(20)23(4)52-36(49)33(46)44-18-24-9-6-7-10-26(24)39(40,41)42/h6-15,20,22-23,25,28-32,43,45H,16-19H2,1-5H3,(H,44,46)/b21-15+/t20-,22+,23-,25-,28+,29+,30-,31+,32?,37?,38+/m1/s1. The molecule has 2 aliphatic heterocycles. The van der Waals surface area contributed by atoms with Gasteiger partial charge in [-0.15, -0.1) is 0 Å². The number of rotatable bonds is 7. The number of aromatic nitrogens is 1. The highest BCUT2D eigenvalue weighted by atomic mass is 19.4. The number of hydrogen-bond donors (Lipinski definition) is 3. The number of H-pyrrole nitrogens is 1. The fraction of sp³-hybridized carbons (Fsp3) is 0.538. The van der Waals surface area contributed by atoms with Gasteiger partial charge < -0.3 is 39.1 Å². The summed E-state index contributed by atoms with van der Waals surface area (Å²) in [5.74, 6) is -5.96. The quantitative estimate of drug-likeness (QED) is 0.157. The molecule has 1 amide bonds. The van der Waals surface area contributed by atoms with Crippen LogP contribution in [0.2, 0.25) is 0 Å². The number of cyclic esters (lactones) is 1. The molecule has 1 aromatic carbocycles. The van der Waals surface area contributed by atoms with Gasteiger partial charge in [0.25, 0.3) is 0 Å². The van der Waals surface area contributed by atoms with Crippen molar-refractivity contribution in [3.63, 3.8) is 0 Å². The lowest BCUT2D eigenvalue weighted by Gasteiger charge is -2.55. The molecule has 6 rings (SSSR count). The van der Waals surface area contributed by atoms with Crippen LogP contribution in [-0.4, -0.2) is 83.7 Å². The molecule has 12 nitrogen and oxygen atoms in total. The van der Waals surface area contributed by atoms with E-state index in [0.29, 0.717) is 12.1 Å². The predicted octanol–water partition coefficient (Wildman–Crippen LogP) is 4.68. The highest BCUT2D eigenvalue weighted by Crippen LogP contribution is 2.64. The van der Waals surface area contributed by atoms with Gasteiger partial charge in [0, 0.05) is 48.9 Å². The second-order valence-corrected chi connectivity index (χ2v) is 14.9. The molecule has 3 heterocycles. The van der Waals surface area contributed by atoms with Gasteiger partial charge in [-0.1, -0.05) is 50.3 Å². The fourth-order valence-electron chi connectivity index (χ4n) is 8.91. The van der Waals surface area contributed by atoms with Crippen molar-refractivity contribution in [2.24, 2.45) is 29.1 Å². The highest BCUT2D eigenvalue weighted by molar-refractivity contribution is 6.32. The summed E-state index contributed by atoms with van der Waals surface area (Å²) in [6.45, 7) is 6.53. The molecule has 1 saturated heterocycles. The van der Waals surface area contributed by atoms with Crippen molar-refractivity contribution in [3.8, 4) is 0 Å². The van der Waals surface area contributed by atoms with E-state index < -0.39 is 107 Å². The van der Waals surface area contributed by atoms with Crippen molar-refractivity contribution >= 4 is 23.8 Å². The number of halogens is 3. The van der Waals surface area contributed by atoms with Crippen molar-refractivity contribution < 1.29 is 61.1 Å². The topological polar surface area (TPSA) is 162 Å². The van der Waals surface area contributed by atoms with Gasteiger partial charge >= 0.3 is 30.0 Å². The second-order valence-electron chi connectivity index (χ2n) is 14.9. The summed E-state index contributed by atoms with van der Waals surface area (Å²) in [5.41, 5.74) is -1.95. The summed E-state index contributed by atoms with van der Waals surface area (Å²) in [5, 5.41) is 14.3. The van der Waals surface area contributed by atoms with Gasteiger partial charge in [-0.3, -0.25) is 4.79 Å². The molecule has 1 spiro atoms. The number of aromatic amines is 1. The van der Waals surface area contributed by atoms with Crippen LogP contribution in [0.1, 0.15) is 62.2 Å². The maximum Gasteiger partial charge on any atom is 0.416 e. The molecule has 2 fully saturated rings. The lowest BCUT2D eigenvalue weighted by molar-refractivity contribution is -0.180.